The number of hydrogen-bond acceptors (Lipinski definition) is 4. The first-order chi connectivity index (χ1) is 8.52. The van der Waals surface area contributed by atoms with Crippen LogP contribution in [0.2, 0.25) is 0 Å². The van der Waals surface area contributed by atoms with Gasteiger partial charge < -0.3 is 9.57 Å². The fourth-order valence-corrected chi connectivity index (χ4v) is 2.12. The molecule has 1 rings (SSSR count). The third kappa shape index (κ3) is 4.79. The fourth-order valence-electron chi connectivity index (χ4n) is 1.36. The Balaban J connectivity index is 3.00. The van der Waals surface area contributed by atoms with Crippen LogP contribution >= 0.6 is 0 Å². The molecule has 18 heavy (non-hydrogen) atoms. The smallest absolute Gasteiger partial charge is 0.331 e. The third-order valence-corrected chi connectivity index (χ3v) is 2.96. The van der Waals surface area contributed by atoms with Crippen molar-refractivity contribution in [1.82, 2.24) is 0 Å². The molecule has 0 aliphatic carbocycles. The van der Waals surface area contributed by atoms with Crippen LogP contribution < -0.4 is 4.74 Å². The SMILES string of the molecule is COc1cccc(C(C[S+](C)C)=NOC(C)=O)c1. The van der Waals surface area contributed by atoms with Crippen molar-refractivity contribution in [3.8, 4) is 5.75 Å². The number of carbonyl (C=O) groups is 1. The molecule has 0 aliphatic rings. The Morgan fingerprint density at radius 3 is 2.67 bits per heavy atom. The van der Waals surface area contributed by atoms with Gasteiger partial charge >= 0.3 is 5.97 Å². The van der Waals surface area contributed by atoms with Crippen molar-refractivity contribution < 1.29 is 14.4 Å². The molecule has 1 aromatic rings. The van der Waals surface area contributed by atoms with E-state index in [4.69, 9.17) is 9.57 Å². The highest BCUT2D eigenvalue weighted by Crippen LogP contribution is 2.14. The number of hydrogen-bond donors (Lipinski definition) is 0. The van der Waals surface area contributed by atoms with Gasteiger partial charge in [-0.2, -0.15) is 0 Å². The molecule has 0 bridgehead atoms. The summed E-state index contributed by atoms with van der Waals surface area (Å²) in [6.45, 7) is 1.34. The van der Waals surface area contributed by atoms with Crippen LogP contribution in [-0.2, 0) is 20.5 Å². The highest BCUT2D eigenvalue weighted by Gasteiger charge is 2.14. The molecular formula is C13H18NO3S+. The van der Waals surface area contributed by atoms with Gasteiger partial charge in [0.05, 0.1) is 19.6 Å². The Morgan fingerprint density at radius 2 is 2.11 bits per heavy atom. The van der Waals surface area contributed by atoms with E-state index in [1.54, 1.807) is 7.11 Å². The summed E-state index contributed by atoms with van der Waals surface area (Å²) < 4.78 is 5.18. The van der Waals surface area contributed by atoms with Crippen LogP contribution in [0.1, 0.15) is 12.5 Å². The van der Waals surface area contributed by atoms with Crippen molar-refractivity contribution in [1.29, 1.82) is 0 Å². The molecule has 0 aromatic heterocycles. The van der Waals surface area contributed by atoms with E-state index in [9.17, 15) is 4.79 Å². The second-order valence-corrected chi connectivity index (χ2v) is 6.24. The highest BCUT2D eigenvalue weighted by molar-refractivity contribution is 7.96. The van der Waals surface area contributed by atoms with Crippen molar-refractivity contribution in [2.75, 3.05) is 25.4 Å². The van der Waals surface area contributed by atoms with Crippen LogP contribution in [0.5, 0.6) is 5.75 Å². The molecule has 0 spiro atoms. The number of nitrogens with zero attached hydrogens (tertiary/aromatic N) is 1. The summed E-state index contributed by atoms with van der Waals surface area (Å²) in [6, 6.07) is 7.57. The zero-order chi connectivity index (χ0) is 13.5. The quantitative estimate of drug-likeness (QED) is 0.354. The molecule has 0 amide bonds. The Morgan fingerprint density at radius 1 is 1.39 bits per heavy atom. The second kappa shape index (κ2) is 7.06. The lowest BCUT2D eigenvalue weighted by Gasteiger charge is -2.06. The molecule has 1 aromatic carbocycles. The van der Waals surface area contributed by atoms with Crippen LogP contribution in [0, 0.1) is 0 Å². The Bertz CT molecular complexity index is 444. The van der Waals surface area contributed by atoms with E-state index in [2.05, 4.69) is 17.7 Å². The van der Waals surface area contributed by atoms with Gasteiger partial charge in [-0.15, -0.1) is 0 Å². The monoisotopic (exact) mass is 268 g/mol. The van der Waals surface area contributed by atoms with Gasteiger partial charge in [0.1, 0.15) is 11.5 Å². The molecular weight excluding hydrogens is 250 g/mol. The molecule has 5 heteroatoms. The summed E-state index contributed by atoms with van der Waals surface area (Å²) in [4.78, 5) is 15.6. The summed E-state index contributed by atoms with van der Waals surface area (Å²) in [5.41, 5.74) is 1.68. The minimum Gasteiger partial charge on any atom is -0.497 e. The zero-order valence-electron chi connectivity index (χ0n) is 11.1. The number of carbonyl (C=O) groups excluding carboxylic acids is 1. The van der Waals surface area contributed by atoms with E-state index in [1.165, 1.54) is 6.92 Å². The summed E-state index contributed by atoms with van der Waals surface area (Å²) >= 11 is 0. The van der Waals surface area contributed by atoms with Gasteiger partial charge in [-0.1, -0.05) is 17.3 Å². The fraction of sp³-hybridized carbons (Fsp3) is 0.385. The number of methoxy groups -OCH3 is 1. The van der Waals surface area contributed by atoms with Crippen LogP contribution in [0.25, 0.3) is 0 Å². The van der Waals surface area contributed by atoms with Crippen LogP contribution in [0.4, 0.5) is 0 Å². The average Bonchev–Trinajstić information content (AvgIpc) is 2.34. The Kier molecular flexibility index (Phi) is 5.71. The van der Waals surface area contributed by atoms with Crippen molar-refractivity contribution in [3.63, 3.8) is 0 Å². The maximum absolute atomic E-state index is 10.8. The van der Waals surface area contributed by atoms with Crippen molar-refractivity contribution in [2.45, 2.75) is 6.92 Å². The Labute approximate surface area is 110 Å². The van der Waals surface area contributed by atoms with Gasteiger partial charge in [0.25, 0.3) is 0 Å². The largest absolute Gasteiger partial charge is 0.497 e. The number of oxime groups is 1. The minimum atomic E-state index is -0.414. The maximum atomic E-state index is 10.8. The normalized spacial score (nSPS) is 11.5. The van der Waals surface area contributed by atoms with E-state index in [0.29, 0.717) is 0 Å². The van der Waals surface area contributed by atoms with Crippen LogP contribution in [0.15, 0.2) is 29.4 Å². The van der Waals surface area contributed by atoms with Crippen molar-refractivity contribution in [2.24, 2.45) is 5.16 Å². The number of rotatable bonds is 5. The molecule has 0 atom stereocenters. The summed E-state index contributed by atoms with van der Waals surface area (Å²) in [6.07, 6.45) is 4.23. The Hall–Kier alpha value is -1.49. The lowest BCUT2D eigenvalue weighted by molar-refractivity contribution is -0.140. The van der Waals surface area contributed by atoms with E-state index < -0.39 is 5.97 Å². The topological polar surface area (TPSA) is 47.9 Å². The van der Waals surface area contributed by atoms with E-state index >= 15 is 0 Å². The van der Waals surface area contributed by atoms with Crippen molar-refractivity contribution >= 4 is 22.6 Å². The van der Waals surface area contributed by atoms with E-state index in [0.717, 1.165) is 22.8 Å². The van der Waals surface area contributed by atoms with E-state index in [-0.39, 0.29) is 10.9 Å². The number of ether oxygens (including phenoxy) is 1. The average molecular weight is 268 g/mol. The molecule has 98 valence electrons. The van der Waals surface area contributed by atoms with Gasteiger partial charge in [-0.3, -0.25) is 0 Å². The second-order valence-electron chi connectivity index (χ2n) is 3.98. The predicted octanol–water partition coefficient (Wildman–Crippen LogP) is 1.84. The molecule has 0 saturated heterocycles. The molecule has 0 fully saturated rings. The standard InChI is InChI=1S/C13H18NO3S/c1-10(15)17-14-13(9-18(3)4)11-6-5-7-12(8-11)16-2/h5-8H,9H2,1-4H3/q+1. The molecule has 0 unspecified atom stereocenters. The molecule has 0 saturated carbocycles. The highest BCUT2D eigenvalue weighted by atomic mass is 32.2. The van der Waals surface area contributed by atoms with E-state index in [1.807, 2.05) is 24.3 Å². The van der Waals surface area contributed by atoms with Gasteiger partial charge in [-0.05, 0) is 23.0 Å². The zero-order valence-corrected chi connectivity index (χ0v) is 11.9. The van der Waals surface area contributed by atoms with Crippen molar-refractivity contribution in [3.05, 3.63) is 29.8 Å². The molecule has 0 aliphatic heterocycles. The summed E-state index contributed by atoms with van der Waals surface area (Å²) in [5, 5.41) is 3.93. The minimum absolute atomic E-state index is 0.168. The predicted molar refractivity (Wildman–Crippen MR) is 75.4 cm³/mol. The van der Waals surface area contributed by atoms with Gasteiger partial charge in [-0.25, -0.2) is 4.79 Å². The van der Waals surface area contributed by atoms with Gasteiger partial charge in [0.2, 0.25) is 0 Å². The first-order valence-electron chi connectivity index (χ1n) is 5.46. The number of benzene rings is 1. The summed E-state index contributed by atoms with van der Waals surface area (Å²) in [7, 11) is 1.78. The van der Waals surface area contributed by atoms with Crippen LogP contribution in [0.3, 0.4) is 0 Å². The molecule has 4 nitrogen and oxygen atoms in total. The third-order valence-electron chi connectivity index (χ3n) is 2.11. The maximum Gasteiger partial charge on any atom is 0.331 e. The molecule has 0 radical (unpaired) electrons. The van der Waals surface area contributed by atoms with Gasteiger partial charge in [0.15, 0.2) is 5.75 Å². The lowest BCUT2D eigenvalue weighted by Crippen LogP contribution is -2.16. The molecule has 0 N–H and O–H groups in total. The first kappa shape index (κ1) is 14.6. The lowest BCUT2D eigenvalue weighted by atomic mass is 10.1. The van der Waals surface area contributed by atoms with Gasteiger partial charge in [0, 0.05) is 12.5 Å². The molecule has 0 heterocycles. The first-order valence-corrected chi connectivity index (χ1v) is 7.67. The summed E-state index contributed by atoms with van der Waals surface area (Å²) in [5.74, 6) is 1.11. The van der Waals surface area contributed by atoms with Crippen LogP contribution in [-0.4, -0.2) is 37.1 Å².